The number of hydrogen-bond donors (Lipinski definition) is 3. The molecule has 3 N–H and O–H groups in total. The van der Waals surface area contributed by atoms with E-state index in [-0.39, 0.29) is 25.3 Å². The van der Waals surface area contributed by atoms with Crippen LogP contribution in [0.3, 0.4) is 0 Å². The first-order valence-corrected chi connectivity index (χ1v) is 6.70. The fourth-order valence-corrected chi connectivity index (χ4v) is 3.53. The summed E-state index contributed by atoms with van der Waals surface area (Å²) in [5, 5.41) is 21.4. The highest BCUT2D eigenvalue weighted by Gasteiger charge is 2.24. The molecule has 0 spiro atoms. The molecule has 90 valence electrons. The van der Waals surface area contributed by atoms with Crippen LogP contribution in [-0.2, 0) is 6.42 Å². The van der Waals surface area contributed by atoms with Gasteiger partial charge in [-0.1, -0.05) is 11.6 Å². The van der Waals surface area contributed by atoms with Gasteiger partial charge >= 0.3 is 0 Å². The van der Waals surface area contributed by atoms with E-state index in [1.165, 1.54) is 10.4 Å². The number of thiophene rings is 1. The number of rotatable bonds is 4. The third-order valence-electron chi connectivity index (χ3n) is 2.96. The van der Waals surface area contributed by atoms with Crippen LogP contribution in [0, 0.1) is 0 Å². The van der Waals surface area contributed by atoms with Crippen LogP contribution in [0.1, 0.15) is 29.3 Å². The number of hydrogen-bond acceptors (Lipinski definition) is 4. The predicted molar refractivity (Wildman–Crippen MR) is 66.1 cm³/mol. The smallest absolute Gasteiger partial charge is 0.0934 e. The Kier molecular flexibility index (Phi) is 4.21. The van der Waals surface area contributed by atoms with Crippen molar-refractivity contribution in [3.05, 3.63) is 20.8 Å². The second-order valence-electron chi connectivity index (χ2n) is 4.10. The Morgan fingerprint density at radius 3 is 2.94 bits per heavy atom. The predicted octanol–water partition coefficient (Wildman–Crippen LogP) is 1.72. The summed E-state index contributed by atoms with van der Waals surface area (Å²) >= 11 is 7.65. The molecule has 1 atom stereocenters. The molecule has 1 aliphatic rings. The Balaban J connectivity index is 2.12. The fraction of sp³-hybridized carbons (Fsp3) is 0.636. The van der Waals surface area contributed by atoms with Crippen molar-refractivity contribution in [2.45, 2.75) is 31.3 Å². The highest BCUT2D eigenvalue weighted by atomic mass is 35.5. The van der Waals surface area contributed by atoms with Crippen LogP contribution < -0.4 is 5.32 Å². The lowest BCUT2D eigenvalue weighted by atomic mass is 9.93. The molecule has 16 heavy (non-hydrogen) atoms. The van der Waals surface area contributed by atoms with Gasteiger partial charge in [0, 0.05) is 10.9 Å². The minimum absolute atomic E-state index is 0.0415. The summed E-state index contributed by atoms with van der Waals surface area (Å²) in [5.41, 5.74) is 1.24. The van der Waals surface area contributed by atoms with E-state index in [4.69, 9.17) is 21.8 Å². The van der Waals surface area contributed by atoms with Crippen LogP contribution in [0.2, 0.25) is 4.34 Å². The molecule has 1 unspecified atom stereocenters. The van der Waals surface area contributed by atoms with Crippen molar-refractivity contribution >= 4 is 22.9 Å². The molecule has 0 bridgehead atoms. The number of fused-ring (bicyclic) bond motifs is 1. The first-order chi connectivity index (χ1) is 7.74. The average Bonchev–Trinajstić information content (AvgIpc) is 2.67. The molecule has 0 radical (unpaired) electrons. The Bertz CT molecular complexity index is 352. The summed E-state index contributed by atoms with van der Waals surface area (Å²) in [6, 6.07) is 1.98. The summed E-state index contributed by atoms with van der Waals surface area (Å²) in [6.07, 6.45) is 3.26. The second-order valence-corrected chi connectivity index (χ2v) is 5.87. The van der Waals surface area contributed by atoms with E-state index in [2.05, 4.69) is 5.32 Å². The molecule has 0 aromatic carbocycles. The van der Waals surface area contributed by atoms with Gasteiger partial charge in [0.05, 0.1) is 23.6 Å². The van der Waals surface area contributed by atoms with Crippen molar-refractivity contribution < 1.29 is 10.2 Å². The van der Waals surface area contributed by atoms with Gasteiger partial charge in [-0.3, -0.25) is 0 Å². The zero-order chi connectivity index (χ0) is 11.5. The lowest BCUT2D eigenvalue weighted by Gasteiger charge is -2.27. The van der Waals surface area contributed by atoms with Gasteiger partial charge in [0.1, 0.15) is 0 Å². The zero-order valence-corrected chi connectivity index (χ0v) is 10.5. The number of aryl methyl sites for hydroxylation is 1. The van der Waals surface area contributed by atoms with Gasteiger partial charge in [-0.2, -0.15) is 0 Å². The summed E-state index contributed by atoms with van der Waals surface area (Å²) in [7, 11) is 0. The van der Waals surface area contributed by atoms with E-state index in [1.807, 2.05) is 6.07 Å². The Labute approximate surface area is 104 Å². The molecule has 1 aliphatic carbocycles. The first kappa shape index (κ1) is 12.3. The quantitative estimate of drug-likeness (QED) is 0.774. The van der Waals surface area contributed by atoms with Gasteiger partial charge < -0.3 is 15.5 Å². The highest BCUT2D eigenvalue weighted by molar-refractivity contribution is 7.16. The highest BCUT2D eigenvalue weighted by Crippen LogP contribution is 2.37. The molecular formula is C11H16ClNO2S. The van der Waals surface area contributed by atoms with Gasteiger partial charge in [-0.25, -0.2) is 0 Å². The number of aliphatic hydroxyl groups is 2. The van der Waals surface area contributed by atoms with Crippen LogP contribution in [-0.4, -0.2) is 29.5 Å². The maximum atomic E-state index is 9.06. The summed E-state index contributed by atoms with van der Waals surface area (Å²) in [6.45, 7) is -0.0829. The monoisotopic (exact) mass is 261 g/mol. The number of nitrogens with one attached hydrogen (secondary N) is 1. The molecular weight excluding hydrogens is 246 g/mol. The van der Waals surface area contributed by atoms with Crippen molar-refractivity contribution in [2.24, 2.45) is 0 Å². The van der Waals surface area contributed by atoms with Crippen LogP contribution in [0.5, 0.6) is 0 Å². The first-order valence-electron chi connectivity index (χ1n) is 5.50. The summed E-state index contributed by atoms with van der Waals surface area (Å²) in [5.74, 6) is 0. The number of halogens is 1. The maximum absolute atomic E-state index is 9.06. The van der Waals surface area contributed by atoms with Crippen molar-refractivity contribution in [3.63, 3.8) is 0 Å². The molecule has 0 aliphatic heterocycles. The fourth-order valence-electron chi connectivity index (χ4n) is 2.14. The van der Waals surface area contributed by atoms with E-state index < -0.39 is 0 Å². The van der Waals surface area contributed by atoms with Crippen LogP contribution in [0.15, 0.2) is 6.07 Å². The van der Waals surface area contributed by atoms with Crippen molar-refractivity contribution in [1.82, 2.24) is 5.32 Å². The van der Waals surface area contributed by atoms with Gasteiger partial charge in [-0.15, -0.1) is 11.3 Å². The minimum Gasteiger partial charge on any atom is -0.395 e. The molecule has 1 aromatic rings. The summed E-state index contributed by atoms with van der Waals surface area (Å²) in [4.78, 5) is 1.34. The molecule has 5 heteroatoms. The number of aliphatic hydroxyl groups excluding tert-OH is 2. The maximum Gasteiger partial charge on any atom is 0.0934 e. The molecule has 3 nitrogen and oxygen atoms in total. The zero-order valence-electron chi connectivity index (χ0n) is 8.95. The van der Waals surface area contributed by atoms with Gasteiger partial charge in [-0.05, 0) is 30.9 Å². The van der Waals surface area contributed by atoms with Crippen LogP contribution in [0.25, 0.3) is 0 Å². The molecule has 0 amide bonds. The van der Waals surface area contributed by atoms with Crippen molar-refractivity contribution in [3.8, 4) is 0 Å². The van der Waals surface area contributed by atoms with Gasteiger partial charge in [0.2, 0.25) is 0 Å². The lowest BCUT2D eigenvalue weighted by molar-refractivity contribution is 0.159. The average molecular weight is 262 g/mol. The van der Waals surface area contributed by atoms with E-state index in [1.54, 1.807) is 11.3 Å². The Morgan fingerprint density at radius 1 is 1.50 bits per heavy atom. The van der Waals surface area contributed by atoms with Crippen LogP contribution >= 0.6 is 22.9 Å². The molecule has 2 rings (SSSR count). The third kappa shape index (κ3) is 2.57. The molecule has 0 fully saturated rings. The Morgan fingerprint density at radius 2 is 2.25 bits per heavy atom. The second kappa shape index (κ2) is 5.47. The SMILES string of the molecule is OCC(CO)NC1CCCc2sc(Cl)cc21. The topological polar surface area (TPSA) is 52.5 Å². The largest absolute Gasteiger partial charge is 0.395 e. The van der Waals surface area contributed by atoms with Gasteiger partial charge in [0.25, 0.3) is 0 Å². The van der Waals surface area contributed by atoms with E-state index >= 15 is 0 Å². The molecule has 1 heterocycles. The van der Waals surface area contributed by atoms with Crippen LogP contribution in [0.4, 0.5) is 0 Å². The molecule has 0 saturated heterocycles. The lowest BCUT2D eigenvalue weighted by Crippen LogP contribution is -2.39. The van der Waals surface area contributed by atoms with Crippen molar-refractivity contribution in [1.29, 1.82) is 0 Å². The molecule has 1 aromatic heterocycles. The van der Waals surface area contributed by atoms with Gasteiger partial charge in [0.15, 0.2) is 0 Å². The van der Waals surface area contributed by atoms with Crippen molar-refractivity contribution in [2.75, 3.05) is 13.2 Å². The van der Waals surface area contributed by atoms with E-state index in [0.29, 0.717) is 0 Å². The van der Waals surface area contributed by atoms with E-state index in [0.717, 1.165) is 23.6 Å². The third-order valence-corrected chi connectivity index (χ3v) is 4.30. The van der Waals surface area contributed by atoms with E-state index in [9.17, 15) is 0 Å². The Hall–Kier alpha value is -0.130. The normalized spacial score (nSPS) is 20.1. The standard InChI is InChI=1S/C11H16ClNO2S/c12-11-4-8-9(13-7(5-14)6-15)2-1-3-10(8)16-11/h4,7,9,13-15H,1-3,5-6H2. The molecule has 0 saturated carbocycles. The minimum atomic E-state index is -0.241. The summed E-state index contributed by atoms with van der Waals surface area (Å²) < 4.78 is 0.822.